The van der Waals surface area contributed by atoms with E-state index in [2.05, 4.69) is 5.10 Å². The van der Waals surface area contributed by atoms with E-state index in [1.54, 1.807) is 0 Å². The van der Waals surface area contributed by atoms with Gasteiger partial charge in [0.25, 0.3) is 0 Å². The van der Waals surface area contributed by atoms with Gasteiger partial charge in [0.05, 0.1) is 11.9 Å². The van der Waals surface area contributed by atoms with Crippen LogP contribution in [0.1, 0.15) is 5.56 Å². The Morgan fingerprint density at radius 3 is 2.06 bits per heavy atom. The molecule has 0 saturated carbocycles. The number of rotatable bonds is 3. The summed E-state index contributed by atoms with van der Waals surface area (Å²) in [4.78, 5) is 0. The molecule has 2 aromatic rings. The second-order valence-electron chi connectivity index (χ2n) is 3.51. The zero-order valence-electron chi connectivity index (χ0n) is 9.25. The highest BCUT2D eigenvalue weighted by Gasteiger charge is 1.94. The van der Waals surface area contributed by atoms with E-state index in [0.29, 0.717) is 0 Å². The molecular formula is C14H14N2. The molecule has 0 bridgehead atoms. The zero-order valence-corrected chi connectivity index (χ0v) is 9.25. The number of hydrogen-bond acceptors (Lipinski definition) is 2. The number of nitrogens with zero attached hydrogens (tertiary/aromatic N) is 2. The highest BCUT2D eigenvalue weighted by atomic mass is 15.4. The van der Waals surface area contributed by atoms with E-state index >= 15 is 0 Å². The molecule has 0 saturated heterocycles. The lowest BCUT2D eigenvalue weighted by Crippen LogP contribution is -2.08. The Morgan fingerprint density at radius 1 is 0.875 bits per heavy atom. The Labute approximate surface area is 95.8 Å². The van der Waals surface area contributed by atoms with E-state index in [4.69, 9.17) is 0 Å². The molecule has 2 rings (SSSR count). The molecule has 2 nitrogen and oxygen atoms in total. The first-order valence-electron chi connectivity index (χ1n) is 5.24. The monoisotopic (exact) mass is 210 g/mol. The van der Waals surface area contributed by atoms with Crippen molar-refractivity contribution in [2.24, 2.45) is 5.10 Å². The van der Waals surface area contributed by atoms with E-state index in [0.717, 1.165) is 11.3 Å². The lowest BCUT2D eigenvalue weighted by molar-refractivity contribution is 1.02. The van der Waals surface area contributed by atoms with Crippen molar-refractivity contribution in [1.82, 2.24) is 0 Å². The van der Waals surface area contributed by atoms with Gasteiger partial charge >= 0.3 is 0 Å². The molecule has 0 spiro atoms. The quantitative estimate of drug-likeness (QED) is 0.561. The van der Waals surface area contributed by atoms with E-state index in [1.807, 2.05) is 78.9 Å². The van der Waals surface area contributed by atoms with Crippen molar-refractivity contribution in [2.45, 2.75) is 0 Å². The maximum Gasteiger partial charge on any atom is 0.0590 e. The first-order valence-corrected chi connectivity index (χ1v) is 5.24. The third-order valence-electron chi connectivity index (χ3n) is 2.31. The minimum atomic E-state index is 1.08. The van der Waals surface area contributed by atoms with Gasteiger partial charge in [0.2, 0.25) is 0 Å². The zero-order chi connectivity index (χ0) is 11.2. The predicted molar refractivity (Wildman–Crippen MR) is 68.9 cm³/mol. The van der Waals surface area contributed by atoms with Gasteiger partial charge in [-0.2, -0.15) is 5.10 Å². The molecule has 0 radical (unpaired) electrons. The lowest BCUT2D eigenvalue weighted by atomic mass is 10.2. The van der Waals surface area contributed by atoms with Crippen LogP contribution in [0.25, 0.3) is 0 Å². The van der Waals surface area contributed by atoms with E-state index in [9.17, 15) is 0 Å². The molecule has 0 unspecified atom stereocenters. The summed E-state index contributed by atoms with van der Waals surface area (Å²) in [7, 11) is 1.94. The normalized spacial score (nSPS) is 10.6. The van der Waals surface area contributed by atoms with Gasteiger partial charge in [0, 0.05) is 7.05 Å². The summed E-state index contributed by atoms with van der Waals surface area (Å²) in [5.74, 6) is 0. The largest absolute Gasteiger partial charge is 0.269 e. The van der Waals surface area contributed by atoms with Crippen molar-refractivity contribution in [2.75, 3.05) is 12.1 Å². The molecule has 0 aliphatic rings. The molecular weight excluding hydrogens is 196 g/mol. The van der Waals surface area contributed by atoms with Crippen LogP contribution in [-0.2, 0) is 0 Å². The number of para-hydroxylation sites is 1. The molecule has 2 heteroatoms. The Morgan fingerprint density at radius 2 is 1.44 bits per heavy atom. The van der Waals surface area contributed by atoms with Crippen molar-refractivity contribution < 1.29 is 0 Å². The summed E-state index contributed by atoms with van der Waals surface area (Å²) < 4.78 is 0. The van der Waals surface area contributed by atoms with Crippen LogP contribution in [0.2, 0.25) is 0 Å². The van der Waals surface area contributed by atoms with Gasteiger partial charge in [-0.3, -0.25) is 5.01 Å². The standard InChI is InChI=1S/C14H14N2/c1-16(14-10-6-3-7-11-14)15-12-13-8-4-2-5-9-13/h2-12H,1H3/b15-12-. The molecule has 0 amide bonds. The second-order valence-corrected chi connectivity index (χ2v) is 3.51. The van der Waals surface area contributed by atoms with Crippen molar-refractivity contribution >= 4 is 11.9 Å². The van der Waals surface area contributed by atoms with Gasteiger partial charge < -0.3 is 0 Å². The molecule has 0 heterocycles. The highest BCUT2D eigenvalue weighted by Crippen LogP contribution is 2.10. The molecule has 80 valence electrons. The van der Waals surface area contributed by atoms with Gasteiger partial charge in [0.15, 0.2) is 0 Å². The minimum Gasteiger partial charge on any atom is -0.269 e. The average molecular weight is 210 g/mol. The van der Waals surface area contributed by atoms with Crippen LogP contribution in [0.4, 0.5) is 5.69 Å². The minimum absolute atomic E-state index is 1.08. The topological polar surface area (TPSA) is 15.6 Å². The SMILES string of the molecule is CN(/N=C\c1ccccc1)c1ccccc1. The first kappa shape index (κ1) is 10.4. The summed E-state index contributed by atoms with van der Waals surface area (Å²) in [6.07, 6.45) is 1.85. The fourth-order valence-corrected chi connectivity index (χ4v) is 1.40. The Balaban J connectivity index is 2.08. The lowest BCUT2D eigenvalue weighted by Gasteiger charge is -2.11. The Bertz CT molecular complexity index is 449. The summed E-state index contributed by atoms with van der Waals surface area (Å²) in [6, 6.07) is 20.1. The third-order valence-corrected chi connectivity index (χ3v) is 2.31. The van der Waals surface area contributed by atoms with E-state index in [-0.39, 0.29) is 0 Å². The van der Waals surface area contributed by atoms with E-state index in [1.165, 1.54) is 0 Å². The van der Waals surface area contributed by atoms with Crippen LogP contribution in [-0.4, -0.2) is 13.3 Å². The molecule has 0 aliphatic carbocycles. The predicted octanol–water partition coefficient (Wildman–Crippen LogP) is 3.16. The fraction of sp³-hybridized carbons (Fsp3) is 0.0714. The summed E-state index contributed by atoms with van der Waals surface area (Å²) >= 11 is 0. The maximum atomic E-state index is 4.37. The Kier molecular flexibility index (Phi) is 3.34. The van der Waals surface area contributed by atoms with Gasteiger partial charge in [-0.1, -0.05) is 48.5 Å². The third kappa shape index (κ3) is 2.70. The Hall–Kier alpha value is -2.09. The maximum absolute atomic E-state index is 4.37. The molecule has 0 aliphatic heterocycles. The van der Waals surface area contributed by atoms with Crippen molar-refractivity contribution in [3.05, 3.63) is 66.2 Å². The number of benzene rings is 2. The van der Waals surface area contributed by atoms with Crippen molar-refractivity contribution in [3.63, 3.8) is 0 Å². The fourth-order valence-electron chi connectivity index (χ4n) is 1.40. The van der Waals surface area contributed by atoms with Crippen LogP contribution in [0, 0.1) is 0 Å². The van der Waals surface area contributed by atoms with Crippen molar-refractivity contribution in [1.29, 1.82) is 0 Å². The van der Waals surface area contributed by atoms with Crippen LogP contribution >= 0.6 is 0 Å². The molecule has 0 fully saturated rings. The average Bonchev–Trinajstić information content (AvgIpc) is 2.38. The summed E-state index contributed by atoms with van der Waals surface area (Å²) in [5.41, 5.74) is 2.18. The number of anilines is 1. The van der Waals surface area contributed by atoms with Gasteiger partial charge in [-0.15, -0.1) is 0 Å². The molecule has 0 N–H and O–H groups in total. The smallest absolute Gasteiger partial charge is 0.0590 e. The van der Waals surface area contributed by atoms with Crippen molar-refractivity contribution in [3.8, 4) is 0 Å². The highest BCUT2D eigenvalue weighted by molar-refractivity contribution is 5.80. The molecule has 0 atom stereocenters. The van der Waals surface area contributed by atoms with E-state index < -0.39 is 0 Å². The van der Waals surface area contributed by atoms with Crippen LogP contribution < -0.4 is 5.01 Å². The molecule has 0 aromatic heterocycles. The number of hydrazone groups is 1. The van der Waals surface area contributed by atoms with Crippen LogP contribution in [0.5, 0.6) is 0 Å². The number of hydrogen-bond donors (Lipinski definition) is 0. The van der Waals surface area contributed by atoms with Gasteiger partial charge in [-0.25, -0.2) is 0 Å². The summed E-state index contributed by atoms with van der Waals surface area (Å²) in [6.45, 7) is 0. The molecule has 2 aromatic carbocycles. The van der Waals surface area contributed by atoms with Gasteiger partial charge in [0.1, 0.15) is 0 Å². The first-order chi connectivity index (χ1) is 7.86. The second kappa shape index (κ2) is 5.12. The molecule has 16 heavy (non-hydrogen) atoms. The van der Waals surface area contributed by atoms with Crippen LogP contribution in [0.15, 0.2) is 65.8 Å². The van der Waals surface area contributed by atoms with Crippen LogP contribution in [0.3, 0.4) is 0 Å². The van der Waals surface area contributed by atoms with Gasteiger partial charge in [-0.05, 0) is 17.7 Å². The summed E-state index contributed by atoms with van der Waals surface area (Å²) in [5, 5.41) is 6.23.